The minimum atomic E-state index is -1.10. The molecule has 0 bridgehead atoms. The Bertz CT molecular complexity index is 537. The van der Waals surface area contributed by atoms with Crippen LogP contribution in [0.4, 0.5) is 10.5 Å². The lowest BCUT2D eigenvalue weighted by Crippen LogP contribution is -2.35. The van der Waals surface area contributed by atoms with Crippen LogP contribution in [-0.2, 0) is 0 Å². The van der Waals surface area contributed by atoms with E-state index in [2.05, 4.69) is 16.6 Å². The molecule has 0 aliphatic rings. The Morgan fingerprint density at radius 3 is 2.79 bits per heavy atom. The Balaban J connectivity index is 2.76. The van der Waals surface area contributed by atoms with Crippen LogP contribution in [0.1, 0.15) is 23.7 Å². The van der Waals surface area contributed by atoms with Crippen LogP contribution in [0.25, 0.3) is 0 Å². The molecule has 2 amide bonds. The number of rotatable bonds is 4. The van der Waals surface area contributed by atoms with Gasteiger partial charge in [-0.2, -0.15) is 0 Å². The molecule has 1 aromatic carbocycles. The number of anilines is 1. The van der Waals surface area contributed by atoms with Crippen LogP contribution >= 0.6 is 11.6 Å². The molecule has 0 aromatic heterocycles. The second-order valence-electron chi connectivity index (χ2n) is 3.91. The zero-order chi connectivity index (χ0) is 14.4. The van der Waals surface area contributed by atoms with Gasteiger partial charge in [0.05, 0.1) is 16.3 Å². The highest BCUT2D eigenvalue weighted by molar-refractivity contribution is 6.33. The third-order valence-electron chi connectivity index (χ3n) is 2.26. The van der Waals surface area contributed by atoms with Crippen LogP contribution in [0.2, 0.25) is 5.02 Å². The maximum atomic E-state index is 11.6. The van der Waals surface area contributed by atoms with Gasteiger partial charge in [0.1, 0.15) is 0 Å². The minimum absolute atomic E-state index is 0.0383. The van der Waals surface area contributed by atoms with Crippen LogP contribution in [-0.4, -0.2) is 23.1 Å². The van der Waals surface area contributed by atoms with E-state index >= 15 is 0 Å². The standard InChI is InChI=1S/C13H13ClN2O3/c1-3-4-8(2)15-13(19)16-11-7-9(12(17)18)5-6-10(11)14/h1,5-8H,4H2,2H3,(H,17,18)(H2,15,16,19). The molecule has 0 heterocycles. The molecule has 100 valence electrons. The van der Waals surface area contributed by atoms with E-state index in [1.54, 1.807) is 6.92 Å². The van der Waals surface area contributed by atoms with E-state index in [4.69, 9.17) is 23.1 Å². The van der Waals surface area contributed by atoms with Crippen LogP contribution in [0.3, 0.4) is 0 Å². The van der Waals surface area contributed by atoms with Crippen molar-refractivity contribution in [2.24, 2.45) is 0 Å². The molecule has 0 fully saturated rings. The summed E-state index contributed by atoms with van der Waals surface area (Å²) in [6.07, 6.45) is 5.53. The largest absolute Gasteiger partial charge is 0.478 e. The Morgan fingerprint density at radius 1 is 1.53 bits per heavy atom. The molecule has 3 N–H and O–H groups in total. The molecule has 19 heavy (non-hydrogen) atoms. The molecule has 0 saturated heterocycles. The zero-order valence-electron chi connectivity index (χ0n) is 10.2. The molecule has 0 aliphatic carbocycles. The first-order valence-corrected chi connectivity index (χ1v) is 5.85. The number of halogens is 1. The maximum absolute atomic E-state index is 11.6. The molecule has 0 spiro atoms. The number of aromatic carboxylic acids is 1. The summed E-state index contributed by atoms with van der Waals surface area (Å²) >= 11 is 5.87. The van der Waals surface area contributed by atoms with Gasteiger partial charge >= 0.3 is 12.0 Å². The van der Waals surface area contributed by atoms with E-state index in [-0.39, 0.29) is 22.3 Å². The van der Waals surface area contributed by atoms with Crippen LogP contribution in [0.5, 0.6) is 0 Å². The molecule has 1 aromatic rings. The number of benzene rings is 1. The van der Waals surface area contributed by atoms with Crippen molar-refractivity contribution in [1.29, 1.82) is 0 Å². The third-order valence-corrected chi connectivity index (χ3v) is 2.59. The highest BCUT2D eigenvalue weighted by Crippen LogP contribution is 2.23. The topological polar surface area (TPSA) is 78.4 Å². The highest BCUT2D eigenvalue weighted by atomic mass is 35.5. The average molecular weight is 281 g/mol. The lowest BCUT2D eigenvalue weighted by molar-refractivity contribution is 0.0697. The van der Waals surface area contributed by atoms with E-state index in [9.17, 15) is 9.59 Å². The predicted molar refractivity (Wildman–Crippen MR) is 73.5 cm³/mol. The second-order valence-corrected chi connectivity index (χ2v) is 4.31. The first-order valence-electron chi connectivity index (χ1n) is 5.48. The Hall–Kier alpha value is -2.19. The summed E-state index contributed by atoms with van der Waals surface area (Å²) in [7, 11) is 0. The number of carboxylic acid groups (broad SMARTS) is 1. The highest BCUT2D eigenvalue weighted by Gasteiger charge is 2.11. The number of carbonyl (C=O) groups is 2. The first-order chi connectivity index (χ1) is 8.93. The van der Waals surface area contributed by atoms with Crippen molar-refractivity contribution in [2.75, 3.05) is 5.32 Å². The molecule has 5 nitrogen and oxygen atoms in total. The van der Waals surface area contributed by atoms with Gasteiger partial charge in [0, 0.05) is 12.5 Å². The van der Waals surface area contributed by atoms with Crippen molar-refractivity contribution < 1.29 is 14.7 Å². The SMILES string of the molecule is C#CCC(C)NC(=O)Nc1cc(C(=O)O)ccc1Cl. The zero-order valence-corrected chi connectivity index (χ0v) is 11.0. The molecule has 0 saturated carbocycles. The van der Waals surface area contributed by atoms with Gasteiger partial charge in [0.2, 0.25) is 0 Å². The van der Waals surface area contributed by atoms with Crippen molar-refractivity contribution in [3.63, 3.8) is 0 Å². The summed E-state index contributed by atoms with van der Waals surface area (Å²) in [5.41, 5.74) is 0.267. The van der Waals surface area contributed by atoms with Crippen LogP contribution in [0, 0.1) is 12.3 Å². The lowest BCUT2D eigenvalue weighted by atomic mass is 10.2. The number of carbonyl (C=O) groups excluding carboxylic acids is 1. The third kappa shape index (κ3) is 4.53. The van der Waals surface area contributed by atoms with Gasteiger partial charge in [-0.15, -0.1) is 12.3 Å². The van der Waals surface area contributed by atoms with E-state index in [1.165, 1.54) is 18.2 Å². The van der Waals surface area contributed by atoms with Crippen LogP contribution in [0.15, 0.2) is 18.2 Å². The predicted octanol–water partition coefficient (Wildman–Crippen LogP) is 2.57. The number of nitrogens with one attached hydrogen (secondary N) is 2. The fourth-order valence-corrected chi connectivity index (χ4v) is 1.53. The van der Waals surface area contributed by atoms with Gasteiger partial charge in [-0.3, -0.25) is 0 Å². The van der Waals surface area contributed by atoms with Crippen LogP contribution < -0.4 is 10.6 Å². The number of carboxylic acids is 1. The van der Waals surface area contributed by atoms with Gasteiger partial charge in [-0.05, 0) is 25.1 Å². The molecular formula is C13H13ClN2O3. The lowest BCUT2D eigenvalue weighted by Gasteiger charge is -2.13. The molecule has 0 radical (unpaired) electrons. The normalized spacial score (nSPS) is 11.2. The summed E-state index contributed by atoms with van der Waals surface area (Å²) in [5, 5.41) is 14.2. The van der Waals surface area contributed by atoms with Crippen molar-refractivity contribution in [3.05, 3.63) is 28.8 Å². The summed E-state index contributed by atoms with van der Waals surface area (Å²) in [4.78, 5) is 22.5. The summed E-state index contributed by atoms with van der Waals surface area (Å²) in [5.74, 6) is 1.33. The van der Waals surface area contributed by atoms with Crippen molar-refractivity contribution >= 4 is 29.3 Å². The van der Waals surface area contributed by atoms with E-state index in [1.807, 2.05) is 0 Å². The monoisotopic (exact) mass is 280 g/mol. The van der Waals surface area contributed by atoms with Gasteiger partial charge < -0.3 is 15.7 Å². The molecule has 0 aliphatic heterocycles. The molecule has 1 atom stereocenters. The number of urea groups is 1. The van der Waals surface area contributed by atoms with E-state index in [0.717, 1.165) is 0 Å². The molecule has 6 heteroatoms. The smallest absolute Gasteiger partial charge is 0.335 e. The Kier molecular flexibility index (Phi) is 5.22. The van der Waals surface area contributed by atoms with E-state index < -0.39 is 12.0 Å². The maximum Gasteiger partial charge on any atom is 0.335 e. The quantitative estimate of drug-likeness (QED) is 0.742. The van der Waals surface area contributed by atoms with Crippen molar-refractivity contribution in [1.82, 2.24) is 5.32 Å². The average Bonchev–Trinajstić information content (AvgIpc) is 2.31. The number of terminal acetylenes is 1. The Morgan fingerprint density at radius 2 is 2.21 bits per heavy atom. The fourth-order valence-electron chi connectivity index (χ4n) is 1.36. The minimum Gasteiger partial charge on any atom is -0.478 e. The molecule has 1 rings (SSSR count). The van der Waals surface area contributed by atoms with E-state index in [0.29, 0.717) is 6.42 Å². The Labute approximate surface area is 116 Å². The van der Waals surface area contributed by atoms with Gasteiger partial charge in [-0.1, -0.05) is 11.6 Å². The van der Waals surface area contributed by atoms with Crippen molar-refractivity contribution in [2.45, 2.75) is 19.4 Å². The summed E-state index contributed by atoms with van der Waals surface area (Å²) in [6, 6.07) is 3.37. The molecular weight excluding hydrogens is 268 g/mol. The van der Waals surface area contributed by atoms with Gasteiger partial charge in [0.15, 0.2) is 0 Å². The number of hydrogen-bond acceptors (Lipinski definition) is 2. The van der Waals surface area contributed by atoms with Crippen molar-refractivity contribution in [3.8, 4) is 12.3 Å². The fraction of sp³-hybridized carbons (Fsp3) is 0.231. The first kappa shape index (κ1) is 14.9. The van der Waals surface area contributed by atoms with Gasteiger partial charge in [-0.25, -0.2) is 9.59 Å². The number of amides is 2. The molecule has 1 unspecified atom stereocenters. The summed E-state index contributed by atoms with van der Waals surface area (Å²) < 4.78 is 0. The number of hydrogen-bond donors (Lipinski definition) is 3. The second kappa shape index (κ2) is 6.66. The van der Waals surface area contributed by atoms with Gasteiger partial charge in [0.25, 0.3) is 0 Å². The summed E-state index contributed by atoms with van der Waals surface area (Å²) in [6.45, 7) is 1.76.